The summed E-state index contributed by atoms with van der Waals surface area (Å²) in [6.07, 6.45) is 1.67. The number of benzene rings is 1. The first-order chi connectivity index (χ1) is 10.1. The third-order valence-corrected chi connectivity index (χ3v) is 4.09. The number of nitrogen functional groups attached to an aromatic ring is 1. The number of anilines is 2. The molecule has 3 rings (SSSR count). The number of piperazine rings is 1. The maximum absolute atomic E-state index is 14.4. The summed E-state index contributed by atoms with van der Waals surface area (Å²) in [5, 5.41) is 4.10. The van der Waals surface area contributed by atoms with E-state index in [4.69, 9.17) is 5.73 Å². The molecule has 0 atom stereocenters. The Balaban J connectivity index is 1.88. The quantitative estimate of drug-likeness (QED) is 0.911. The predicted octanol–water partition coefficient (Wildman–Crippen LogP) is 1.56. The lowest BCUT2D eigenvalue weighted by molar-refractivity contribution is 0.311. The summed E-state index contributed by atoms with van der Waals surface area (Å²) >= 11 is 0. The molecule has 2 N–H and O–H groups in total. The molecule has 112 valence electrons. The van der Waals surface area contributed by atoms with Gasteiger partial charge in [0.1, 0.15) is 11.6 Å². The Kier molecular flexibility index (Phi) is 3.55. The van der Waals surface area contributed by atoms with Crippen LogP contribution in [-0.2, 0) is 7.05 Å². The number of halogens is 1. The number of nitrogens with zero attached hydrogens (tertiary/aromatic N) is 4. The SMILES string of the molecule is CN1CCN(c2ccc(-c3cnn(C)c3N)cc2F)CC1. The third-order valence-electron chi connectivity index (χ3n) is 4.09. The molecule has 0 saturated carbocycles. The molecular formula is C15H20FN5. The molecule has 0 amide bonds. The Morgan fingerprint density at radius 1 is 1.14 bits per heavy atom. The van der Waals surface area contributed by atoms with Crippen molar-refractivity contribution in [1.29, 1.82) is 0 Å². The number of nitrogens with two attached hydrogens (primary N) is 1. The van der Waals surface area contributed by atoms with Crippen LogP contribution < -0.4 is 10.6 Å². The van der Waals surface area contributed by atoms with Crippen molar-refractivity contribution in [3.05, 3.63) is 30.2 Å². The molecule has 1 aliphatic rings. The van der Waals surface area contributed by atoms with Crippen molar-refractivity contribution in [3.63, 3.8) is 0 Å². The number of aromatic nitrogens is 2. The summed E-state index contributed by atoms with van der Waals surface area (Å²) in [5.41, 5.74) is 8.13. The van der Waals surface area contributed by atoms with E-state index in [9.17, 15) is 4.39 Å². The van der Waals surface area contributed by atoms with Crippen LogP contribution in [0.5, 0.6) is 0 Å². The molecule has 1 aromatic heterocycles. The Morgan fingerprint density at radius 2 is 1.86 bits per heavy atom. The van der Waals surface area contributed by atoms with Crippen LogP contribution in [0.15, 0.2) is 24.4 Å². The maximum Gasteiger partial charge on any atom is 0.147 e. The van der Waals surface area contributed by atoms with Crippen LogP contribution in [-0.4, -0.2) is 47.9 Å². The molecule has 1 saturated heterocycles. The van der Waals surface area contributed by atoms with Gasteiger partial charge in [0.25, 0.3) is 0 Å². The van der Waals surface area contributed by atoms with Gasteiger partial charge in [-0.25, -0.2) is 4.39 Å². The Labute approximate surface area is 123 Å². The fourth-order valence-corrected chi connectivity index (χ4v) is 2.65. The minimum Gasteiger partial charge on any atom is -0.383 e. The van der Waals surface area contributed by atoms with Crippen LogP contribution in [0.1, 0.15) is 0 Å². The number of aryl methyl sites for hydroxylation is 1. The molecule has 1 fully saturated rings. The molecule has 21 heavy (non-hydrogen) atoms. The molecule has 0 spiro atoms. The average molecular weight is 289 g/mol. The summed E-state index contributed by atoms with van der Waals surface area (Å²) in [6.45, 7) is 3.61. The van der Waals surface area contributed by atoms with E-state index < -0.39 is 0 Å². The van der Waals surface area contributed by atoms with Crippen LogP contribution in [0.4, 0.5) is 15.9 Å². The second-order valence-electron chi connectivity index (χ2n) is 5.52. The average Bonchev–Trinajstić information content (AvgIpc) is 2.80. The third kappa shape index (κ3) is 2.58. The first-order valence-corrected chi connectivity index (χ1v) is 7.07. The number of hydrogen-bond donors (Lipinski definition) is 1. The minimum atomic E-state index is -0.208. The zero-order chi connectivity index (χ0) is 15.0. The van der Waals surface area contributed by atoms with Crippen molar-refractivity contribution in [1.82, 2.24) is 14.7 Å². The minimum absolute atomic E-state index is 0.208. The van der Waals surface area contributed by atoms with Gasteiger partial charge in [0.15, 0.2) is 0 Å². The highest BCUT2D eigenvalue weighted by Gasteiger charge is 2.18. The van der Waals surface area contributed by atoms with Crippen LogP contribution in [0.3, 0.4) is 0 Å². The van der Waals surface area contributed by atoms with Gasteiger partial charge < -0.3 is 15.5 Å². The van der Waals surface area contributed by atoms with E-state index in [0.717, 1.165) is 37.3 Å². The molecule has 0 radical (unpaired) electrons. The number of rotatable bonds is 2. The molecule has 2 aromatic rings. The number of likely N-dealkylation sites (N-methyl/N-ethyl adjacent to an activating group) is 1. The summed E-state index contributed by atoms with van der Waals surface area (Å²) in [6, 6.07) is 5.29. The highest BCUT2D eigenvalue weighted by Crippen LogP contribution is 2.29. The van der Waals surface area contributed by atoms with E-state index in [1.54, 1.807) is 24.0 Å². The van der Waals surface area contributed by atoms with Crippen LogP contribution in [0.2, 0.25) is 0 Å². The molecular weight excluding hydrogens is 269 g/mol. The topological polar surface area (TPSA) is 50.3 Å². The summed E-state index contributed by atoms with van der Waals surface area (Å²) in [4.78, 5) is 4.34. The van der Waals surface area contributed by atoms with Crippen LogP contribution in [0.25, 0.3) is 11.1 Å². The van der Waals surface area contributed by atoms with Crippen molar-refractivity contribution in [2.24, 2.45) is 7.05 Å². The first kappa shape index (κ1) is 13.9. The normalized spacial score (nSPS) is 16.4. The second-order valence-corrected chi connectivity index (χ2v) is 5.52. The van der Waals surface area contributed by atoms with Gasteiger partial charge in [0.05, 0.1) is 11.9 Å². The van der Waals surface area contributed by atoms with Gasteiger partial charge >= 0.3 is 0 Å². The summed E-state index contributed by atoms with van der Waals surface area (Å²) in [5.74, 6) is 0.335. The Hall–Kier alpha value is -2.08. The van der Waals surface area contributed by atoms with Gasteiger partial charge in [-0.15, -0.1) is 0 Å². The fraction of sp³-hybridized carbons (Fsp3) is 0.400. The van der Waals surface area contributed by atoms with Crippen LogP contribution in [0, 0.1) is 5.82 Å². The summed E-state index contributed by atoms with van der Waals surface area (Å²) in [7, 11) is 3.86. The van der Waals surface area contributed by atoms with Crippen molar-refractivity contribution in [2.45, 2.75) is 0 Å². The molecule has 1 aliphatic heterocycles. The smallest absolute Gasteiger partial charge is 0.147 e. The van der Waals surface area contributed by atoms with E-state index in [1.807, 2.05) is 12.1 Å². The lowest BCUT2D eigenvalue weighted by atomic mass is 10.1. The molecule has 0 unspecified atom stereocenters. The lowest BCUT2D eigenvalue weighted by Crippen LogP contribution is -2.44. The highest BCUT2D eigenvalue weighted by atomic mass is 19.1. The maximum atomic E-state index is 14.4. The zero-order valence-corrected chi connectivity index (χ0v) is 12.4. The van der Waals surface area contributed by atoms with Crippen molar-refractivity contribution in [3.8, 4) is 11.1 Å². The first-order valence-electron chi connectivity index (χ1n) is 7.07. The van der Waals surface area contributed by atoms with Gasteiger partial charge in [-0.2, -0.15) is 5.10 Å². The van der Waals surface area contributed by atoms with Crippen molar-refractivity contribution in [2.75, 3.05) is 43.9 Å². The fourth-order valence-electron chi connectivity index (χ4n) is 2.65. The molecule has 5 nitrogen and oxygen atoms in total. The molecule has 0 aliphatic carbocycles. The van der Waals surface area contributed by atoms with Gasteiger partial charge in [0, 0.05) is 38.8 Å². The van der Waals surface area contributed by atoms with E-state index in [-0.39, 0.29) is 5.82 Å². The second kappa shape index (κ2) is 5.37. The Morgan fingerprint density at radius 3 is 2.43 bits per heavy atom. The summed E-state index contributed by atoms with van der Waals surface area (Å²) < 4.78 is 16.0. The number of hydrogen-bond acceptors (Lipinski definition) is 4. The standard InChI is InChI=1S/C15H20FN5/c1-19-5-7-21(8-6-19)14-4-3-11(9-13(14)16)12-10-18-20(2)15(12)17/h3-4,9-10H,5-8,17H2,1-2H3. The largest absolute Gasteiger partial charge is 0.383 e. The van der Waals surface area contributed by atoms with Crippen LogP contribution >= 0.6 is 0 Å². The monoisotopic (exact) mass is 289 g/mol. The Bertz CT molecular complexity index is 644. The van der Waals surface area contributed by atoms with Crippen molar-refractivity contribution >= 4 is 11.5 Å². The predicted molar refractivity (Wildman–Crippen MR) is 82.7 cm³/mol. The molecule has 6 heteroatoms. The zero-order valence-electron chi connectivity index (χ0n) is 12.4. The molecule has 2 heterocycles. The molecule has 1 aromatic carbocycles. The van der Waals surface area contributed by atoms with Gasteiger partial charge in [-0.05, 0) is 24.7 Å². The lowest BCUT2D eigenvalue weighted by Gasteiger charge is -2.34. The van der Waals surface area contributed by atoms with E-state index >= 15 is 0 Å². The van der Waals surface area contributed by atoms with E-state index in [1.165, 1.54) is 0 Å². The highest BCUT2D eigenvalue weighted by molar-refractivity contribution is 5.75. The van der Waals surface area contributed by atoms with Gasteiger partial charge in [-0.1, -0.05) is 6.07 Å². The van der Waals surface area contributed by atoms with E-state index in [2.05, 4.69) is 21.9 Å². The molecule has 0 bridgehead atoms. The van der Waals surface area contributed by atoms with Gasteiger partial charge in [-0.3, -0.25) is 4.68 Å². The van der Waals surface area contributed by atoms with Crippen molar-refractivity contribution < 1.29 is 4.39 Å². The van der Waals surface area contributed by atoms with E-state index in [0.29, 0.717) is 11.5 Å². The van der Waals surface area contributed by atoms with Gasteiger partial charge in [0.2, 0.25) is 0 Å².